The third-order valence-corrected chi connectivity index (χ3v) is 4.16. The summed E-state index contributed by atoms with van der Waals surface area (Å²) in [5, 5.41) is 15.0. The molecule has 0 bridgehead atoms. The Morgan fingerprint density at radius 1 is 1.11 bits per heavy atom. The zero-order chi connectivity index (χ0) is 20.6. The van der Waals surface area contributed by atoms with E-state index >= 15 is 0 Å². The van der Waals surface area contributed by atoms with E-state index in [0.29, 0.717) is 12.0 Å². The van der Waals surface area contributed by atoms with E-state index in [-0.39, 0.29) is 5.91 Å². The Morgan fingerprint density at radius 3 is 2.22 bits per heavy atom. The first-order valence-electron chi connectivity index (χ1n) is 8.99. The number of hydrogen-bond acceptors (Lipinski definition) is 5. The molecule has 0 heterocycles. The van der Waals surface area contributed by atoms with Crippen molar-refractivity contribution in [3.05, 3.63) is 35.9 Å². The lowest BCUT2D eigenvalue weighted by atomic mass is 10.0. The number of carbonyl (C=O) groups is 3. The Morgan fingerprint density at radius 2 is 1.70 bits per heavy atom. The molecule has 3 amide bonds. The van der Waals surface area contributed by atoms with Crippen molar-refractivity contribution in [3.63, 3.8) is 0 Å². The minimum atomic E-state index is -1.39. The number of aliphatic hydroxyl groups is 1. The van der Waals surface area contributed by atoms with Crippen LogP contribution in [0.2, 0.25) is 0 Å². The Bertz CT molecular complexity index is 636. The van der Waals surface area contributed by atoms with Gasteiger partial charge in [-0.3, -0.25) is 14.4 Å². The third kappa shape index (κ3) is 6.65. The highest BCUT2D eigenvalue weighted by Crippen LogP contribution is 2.15. The molecule has 0 fully saturated rings. The lowest BCUT2D eigenvalue weighted by Crippen LogP contribution is -2.53. The number of nitrogens with two attached hydrogens (primary N) is 1. The van der Waals surface area contributed by atoms with E-state index in [1.165, 1.54) is 11.8 Å². The number of carbonyl (C=O) groups excluding carboxylic acids is 3. The molecule has 0 aliphatic carbocycles. The molecule has 4 atom stereocenters. The second-order valence-electron chi connectivity index (χ2n) is 6.71. The molecular formula is C19H30N4O4. The summed E-state index contributed by atoms with van der Waals surface area (Å²) in [7, 11) is 3.20. The summed E-state index contributed by atoms with van der Waals surface area (Å²) in [4.78, 5) is 38.4. The van der Waals surface area contributed by atoms with Crippen molar-refractivity contribution >= 4 is 17.7 Å². The molecule has 8 nitrogen and oxygen atoms in total. The van der Waals surface area contributed by atoms with Gasteiger partial charge in [0.15, 0.2) is 0 Å². The maximum Gasteiger partial charge on any atom is 0.251 e. The highest BCUT2D eigenvalue weighted by atomic mass is 16.3. The summed E-state index contributed by atoms with van der Waals surface area (Å²) in [6.45, 7) is 3.37. The average molecular weight is 378 g/mol. The van der Waals surface area contributed by atoms with Gasteiger partial charge in [-0.25, -0.2) is 0 Å². The first-order valence-corrected chi connectivity index (χ1v) is 8.99. The average Bonchev–Trinajstić information content (AvgIpc) is 2.65. The van der Waals surface area contributed by atoms with Crippen molar-refractivity contribution < 1.29 is 19.5 Å². The summed E-state index contributed by atoms with van der Waals surface area (Å²) in [6.07, 6.45) is -0.177. The maximum absolute atomic E-state index is 12.5. The van der Waals surface area contributed by atoms with Crippen LogP contribution in [0.1, 0.15) is 38.3 Å². The first kappa shape index (κ1) is 22.6. The van der Waals surface area contributed by atoms with Gasteiger partial charge in [0.05, 0.1) is 0 Å². The number of benzene rings is 1. The topological polar surface area (TPSA) is 125 Å². The summed E-state index contributed by atoms with van der Waals surface area (Å²) < 4.78 is 0. The van der Waals surface area contributed by atoms with Crippen LogP contribution in [0.3, 0.4) is 0 Å². The van der Waals surface area contributed by atoms with Gasteiger partial charge in [-0.15, -0.1) is 0 Å². The zero-order valence-electron chi connectivity index (χ0n) is 16.3. The summed E-state index contributed by atoms with van der Waals surface area (Å²) in [5.74, 6) is -1.55. The molecule has 5 N–H and O–H groups in total. The van der Waals surface area contributed by atoms with E-state index in [9.17, 15) is 19.5 Å². The van der Waals surface area contributed by atoms with Crippen molar-refractivity contribution in [2.24, 2.45) is 5.73 Å². The number of likely N-dealkylation sites (N-methyl/N-ethyl adjacent to an activating group) is 1. The molecule has 150 valence electrons. The second kappa shape index (κ2) is 10.6. The molecule has 8 heteroatoms. The lowest BCUT2D eigenvalue weighted by Gasteiger charge is -2.25. The van der Waals surface area contributed by atoms with E-state index in [1.54, 1.807) is 38.4 Å². The SMILES string of the molecule is CCC[C@H](N)C(O)C(=O)NC(C)C(=O)NC(C(=O)N(C)C)c1ccccc1. The molecule has 0 saturated heterocycles. The molecule has 0 radical (unpaired) electrons. The van der Waals surface area contributed by atoms with Crippen LogP contribution in [0.15, 0.2) is 30.3 Å². The molecular weight excluding hydrogens is 348 g/mol. The number of nitrogens with zero attached hydrogens (tertiary/aromatic N) is 1. The van der Waals surface area contributed by atoms with Crippen LogP contribution in [-0.2, 0) is 14.4 Å². The Labute approximate surface area is 160 Å². The maximum atomic E-state index is 12.5. The van der Waals surface area contributed by atoms with Crippen molar-refractivity contribution in [3.8, 4) is 0 Å². The molecule has 3 unspecified atom stereocenters. The molecule has 1 aromatic carbocycles. The minimum absolute atomic E-state index is 0.293. The monoisotopic (exact) mass is 378 g/mol. The minimum Gasteiger partial charge on any atom is -0.382 e. The van der Waals surface area contributed by atoms with Gasteiger partial charge in [-0.2, -0.15) is 0 Å². The summed E-state index contributed by atoms with van der Waals surface area (Å²) >= 11 is 0. The van der Waals surface area contributed by atoms with E-state index in [1.807, 2.05) is 13.0 Å². The van der Waals surface area contributed by atoms with Crippen molar-refractivity contribution in [1.82, 2.24) is 15.5 Å². The van der Waals surface area contributed by atoms with Crippen LogP contribution in [0.5, 0.6) is 0 Å². The van der Waals surface area contributed by atoms with Gasteiger partial charge in [-0.05, 0) is 18.9 Å². The normalized spacial score (nSPS) is 15.2. The van der Waals surface area contributed by atoms with Gasteiger partial charge >= 0.3 is 0 Å². The Balaban J connectivity index is 2.80. The van der Waals surface area contributed by atoms with Crippen LogP contribution < -0.4 is 16.4 Å². The quantitative estimate of drug-likeness (QED) is 0.479. The van der Waals surface area contributed by atoms with Crippen LogP contribution >= 0.6 is 0 Å². The summed E-state index contributed by atoms with van der Waals surface area (Å²) in [5.41, 5.74) is 6.38. The number of aliphatic hydroxyl groups excluding tert-OH is 1. The molecule has 0 spiro atoms. The number of rotatable bonds is 9. The number of hydrogen-bond donors (Lipinski definition) is 4. The molecule has 1 aromatic rings. The fraction of sp³-hybridized carbons (Fsp3) is 0.526. The predicted octanol–water partition coefficient (Wildman–Crippen LogP) is -0.0749. The molecule has 0 aliphatic heterocycles. The highest BCUT2D eigenvalue weighted by molar-refractivity contribution is 5.93. The van der Waals surface area contributed by atoms with Crippen molar-refractivity contribution in [2.45, 2.75) is 50.9 Å². The predicted molar refractivity (Wildman–Crippen MR) is 103 cm³/mol. The van der Waals surface area contributed by atoms with E-state index in [4.69, 9.17) is 5.73 Å². The first-order chi connectivity index (χ1) is 12.7. The molecule has 0 aliphatic rings. The lowest BCUT2D eigenvalue weighted by molar-refractivity contribution is -0.137. The fourth-order valence-corrected chi connectivity index (χ4v) is 2.51. The smallest absolute Gasteiger partial charge is 0.251 e. The van der Waals surface area contributed by atoms with Crippen molar-refractivity contribution in [1.29, 1.82) is 0 Å². The molecule has 1 rings (SSSR count). The van der Waals surface area contributed by atoms with Gasteiger partial charge in [-0.1, -0.05) is 43.7 Å². The number of amides is 3. The fourth-order valence-electron chi connectivity index (χ4n) is 2.51. The molecule has 0 aromatic heterocycles. The van der Waals surface area contributed by atoms with Gasteiger partial charge < -0.3 is 26.4 Å². The van der Waals surface area contributed by atoms with E-state index < -0.39 is 36.0 Å². The van der Waals surface area contributed by atoms with E-state index in [0.717, 1.165) is 6.42 Å². The number of nitrogens with one attached hydrogen (secondary N) is 2. The Hall–Kier alpha value is -2.45. The zero-order valence-corrected chi connectivity index (χ0v) is 16.3. The molecule has 27 heavy (non-hydrogen) atoms. The standard InChI is InChI=1S/C19H30N4O4/c1-5-9-14(20)16(24)18(26)21-12(2)17(25)22-15(19(27)23(3)4)13-10-7-6-8-11-13/h6-8,10-12,14-16,24H,5,9,20H2,1-4H3,(H,21,26)(H,22,25)/t12?,14-,15?,16?/m0/s1. The third-order valence-electron chi connectivity index (χ3n) is 4.16. The summed E-state index contributed by atoms with van der Waals surface area (Å²) in [6, 6.07) is 6.32. The Kier molecular flexibility index (Phi) is 8.90. The van der Waals surface area contributed by atoms with Gasteiger partial charge in [0.2, 0.25) is 11.8 Å². The second-order valence-corrected chi connectivity index (χ2v) is 6.71. The van der Waals surface area contributed by atoms with Crippen LogP contribution in [0.25, 0.3) is 0 Å². The van der Waals surface area contributed by atoms with Crippen LogP contribution in [0.4, 0.5) is 0 Å². The largest absolute Gasteiger partial charge is 0.382 e. The van der Waals surface area contributed by atoms with Gasteiger partial charge in [0.25, 0.3) is 5.91 Å². The van der Waals surface area contributed by atoms with Crippen LogP contribution in [-0.4, -0.2) is 60.0 Å². The van der Waals surface area contributed by atoms with Crippen molar-refractivity contribution in [2.75, 3.05) is 14.1 Å². The van der Waals surface area contributed by atoms with Crippen LogP contribution in [0, 0.1) is 0 Å². The molecule has 0 saturated carbocycles. The van der Waals surface area contributed by atoms with Gasteiger partial charge in [0.1, 0.15) is 18.2 Å². The van der Waals surface area contributed by atoms with E-state index in [2.05, 4.69) is 10.6 Å². The van der Waals surface area contributed by atoms with Gasteiger partial charge in [0, 0.05) is 20.1 Å². The highest BCUT2D eigenvalue weighted by Gasteiger charge is 2.29.